The maximum atomic E-state index is 11.8. The fraction of sp³-hybridized carbons (Fsp3) is 0.400. The molecule has 0 fully saturated rings. The van der Waals surface area contributed by atoms with Crippen molar-refractivity contribution in [2.45, 2.75) is 47.9 Å². The summed E-state index contributed by atoms with van der Waals surface area (Å²) in [7, 11) is 0. The summed E-state index contributed by atoms with van der Waals surface area (Å²) in [5.74, 6) is 0. The molecule has 170 valence electrons. The smallest absolute Gasteiger partial charge is 0.371 e. The van der Waals surface area contributed by atoms with Crippen molar-refractivity contribution in [2.75, 3.05) is 0 Å². The van der Waals surface area contributed by atoms with E-state index >= 15 is 0 Å². The van der Waals surface area contributed by atoms with Crippen LogP contribution in [0.2, 0.25) is 0 Å². The zero-order chi connectivity index (χ0) is 22.7. The van der Waals surface area contributed by atoms with Crippen LogP contribution in [0.5, 0.6) is 0 Å². The minimum atomic E-state index is -4.53. The van der Waals surface area contributed by atoms with Crippen molar-refractivity contribution in [1.29, 1.82) is 0 Å². The quantitative estimate of drug-likeness (QED) is 0.266. The van der Waals surface area contributed by atoms with Crippen LogP contribution < -0.4 is 0 Å². The Morgan fingerprint density at radius 3 is 1.13 bits per heavy atom. The molecule has 0 aromatic carbocycles. The molecule has 0 aromatic heterocycles. The Labute approximate surface area is 205 Å². The molecule has 0 aromatic rings. The van der Waals surface area contributed by atoms with E-state index in [4.69, 9.17) is 10.2 Å². The summed E-state index contributed by atoms with van der Waals surface area (Å²) >= 11 is 0.803. The Morgan fingerprint density at radius 2 is 1.03 bits per heavy atom. The van der Waals surface area contributed by atoms with Gasteiger partial charge in [0.05, 0.1) is 0 Å². The van der Waals surface area contributed by atoms with Crippen LogP contribution in [0, 0.1) is 12.2 Å². The van der Waals surface area contributed by atoms with Crippen LogP contribution in [0.4, 0.5) is 26.3 Å². The molecule has 2 heterocycles. The summed E-state index contributed by atoms with van der Waals surface area (Å²) in [6, 6.07) is 0. The monoisotopic (exact) mass is 560 g/mol. The van der Waals surface area contributed by atoms with Gasteiger partial charge in [-0.05, 0) is 10.8 Å². The normalized spacial score (nSPS) is 27.1. The maximum Gasteiger partial charge on any atom is 2.00 e. The Balaban J connectivity index is 0.000000401. The molecule has 11 heteroatoms. The molecule has 0 saturated heterocycles. The molecule has 2 nitrogen and oxygen atoms in total. The first-order chi connectivity index (χ1) is 13.9. The first-order valence-corrected chi connectivity index (χ1v) is 10.3. The van der Waals surface area contributed by atoms with Gasteiger partial charge in [0.25, 0.3) is 0 Å². The minimum Gasteiger partial charge on any atom is -0.371 e. The summed E-state index contributed by atoms with van der Waals surface area (Å²) in [5.41, 5.74) is 0. The Hall–Kier alpha value is -0.477. The van der Waals surface area contributed by atoms with E-state index in [2.05, 4.69) is 24.3 Å². The summed E-state index contributed by atoms with van der Waals surface area (Å²) in [4.78, 5) is -5.13. The van der Waals surface area contributed by atoms with Crippen LogP contribution in [-0.4, -0.2) is 32.4 Å². The Morgan fingerprint density at radius 1 is 0.677 bits per heavy atom. The molecular formula is C20H20F6O2S2Zr. The van der Waals surface area contributed by atoms with Crippen molar-refractivity contribution in [2.24, 2.45) is 0 Å². The molecule has 2 N–H and O–H groups in total. The van der Waals surface area contributed by atoms with Gasteiger partial charge < -0.3 is 10.2 Å². The van der Waals surface area contributed by atoms with Crippen LogP contribution in [0.15, 0.2) is 59.4 Å². The van der Waals surface area contributed by atoms with Crippen molar-refractivity contribution in [1.82, 2.24) is 0 Å². The number of hydrogen-bond acceptors (Lipinski definition) is 4. The zero-order valence-corrected chi connectivity index (χ0v) is 20.2. The second-order valence-corrected chi connectivity index (χ2v) is 8.32. The largest absolute Gasteiger partial charge is 2.00 e. The van der Waals surface area contributed by atoms with E-state index < -0.39 is 22.2 Å². The topological polar surface area (TPSA) is 40.5 Å². The summed E-state index contributed by atoms with van der Waals surface area (Å²) < 4.78 is 71.0. The van der Waals surface area contributed by atoms with Crippen LogP contribution in [0.1, 0.15) is 25.7 Å². The SMILES string of the molecule is OC1(C(F)(F)F)CC=CS1.OC1(C(F)(F)F)CC=CS1.[C-]1=CC=CC1.[C-]1=CC=CC1.[Zr+2]. The maximum absolute atomic E-state index is 11.8. The van der Waals surface area contributed by atoms with Gasteiger partial charge in [-0.25, -0.2) is 24.3 Å². The molecule has 4 aliphatic rings. The van der Waals surface area contributed by atoms with Crippen LogP contribution in [0.3, 0.4) is 0 Å². The molecular weight excluding hydrogens is 542 g/mol. The van der Waals surface area contributed by atoms with E-state index in [1.807, 2.05) is 24.3 Å². The molecule has 0 saturated carbocycles. The van der Waals surface area contributed by atoms with Gasteiger partial charge in [-0.2, -0.15) is 38.5 Å². The summed E-state index contributed by atoms with van der Waals surface area (Å²) in [6.45, 7) is 0. The molecule has 4 rings (SSSR count). The number of halogens is 6. The van der Waals surface area contributed by atoms with Gasteiger partial charge in [-0.3, -0.25) is 12.2 Å². The molecule has 2 atom stereocenters. The Bertz CT molecular complexity index is 613. The molecule has 0 bridgehead atoms. The van der Waals surface area contributed by atoms with Gasteiger partial charge in [0.1, 0.15) is 0 Å². The third kappa shape index (κ3) is 10.8. The predicted octanol–water partition coefficient (Wildman–Crippen LogP) is 6.38. The molecule has 0 amide bonds. The number of aliphatic hydroxyl groups is 2. The van der Waals surface area contributed by atoms with E-state index in [1.165, 1.54) is 23.0 Å². The number of thioether (sulfide) groups is 2. The Kier molecular flexibility index (Phi) is 13.7. The van der Waals surface area contributed by atoms with Gasteiger partial charge in [-0.1, -0.05) is 35.7 Å². The molecule has 0 radical (unpaired) electrons. The van der Waals surface area contributed by atoms with E-state index in [1.54, 1.807) is 0 Å². The fourth-order valence-corrected chi connectivity index (χ4v) is 3.37. The van der Waals surface area contributed by atoms with Gasteiger partial charge in [0, 0.05) is 12.8 Å². The van der Waals surface area contributed by atoms with Crippen LogP contribution in [0.25, 0.3) is 0 Å². The van der Waals surface area contributed by atoms with Gasteiger partial charge in [-0.15, -0.1) is 12.8 Å². The summed E-state index contributed by atoms with van der Waals surface area (Å²) in [5, 5.41) is 20.1. The van der Waals surface area contributed by atoms with Crippen molar-refractivity contribution >= 4 is 23.5 Å². The molecule has 0 spiro atoms. The van der Waals surface area contributed by atoms with Crippen molar-refractivity contribution in [3.8, 4) is 0 Å². The first kappa shape index (κ1) is 30.5. The second kappa shape index (κ2) is 13.9. The number of hydrogen-bond donors (Lipinski definition) is 2. The average molecular weight is 562 g/mol. The first-order valence-electron chi connectivity index (χ1n) is 8.59. The van der Waals surface area contributed by atoms with Gasteiger partial charge >= 0.3 is 38.6 Å². The third-order valence-electron chi connectivity index (χ3n) is 3.57. The second-order valence-electron chi connectivity index (χ2n) is 5.96. The van der Waals surface area contributed by atoms with Crippen LogP contribution in [-0.2, 0) is 26.2 Å². The zero-order valence-electron chi connectivity index (χ0n) is 16.1. The van der Waals surface area contributed by atoms with Gasteiger partial charge in [0.2, 0.25) is 9.87 Å². The third-order valence-corrected chi connectivity index (χ3v) is 5.80. The average Bonchev–Trinajstić information content (AvgIpc) is 3.44. The molecule has 2 unspecified atom stereocenters. The van der Waals surface area contributed by atoms with E-state index in [9.17, 15) is 26.3 Å². The van der Waals surface area contributed by atoms with Crippen molar-refractivity contribution < 1.29 is 62.8 Å². The number of allylic oxidation sites excluding steroid dienone is 8. The van der Waals surface area contributed by atoms with Crippen LogP contribution >= 0.6 is 23.5 Å². The fourth-order valence-electron chi connectivity index (χ4n) is 1.88. The minimum absolute atomic E-state index is 0. The van der Waals surface area contributed by atoms with Gasteiger partial charge in [0.15, 0.2) is 0 Å². The van der Waals surface area contributed by atoms with Crippen molar-refractivity contribution in [3.63, 3.8) is 0 Å². The standard InChI is InChI=1S/2C5H5F3OS.2C5H5.Zr/c2*6-5(7,8)4(9)2-1-3-10-4;2*1-2-4-5-3-1;/h2*1,3,9H,2H2;2*1-3H,4H2;/q;;2*-1;+2. The predicted molar refractivity (Wildman–Crippen MR) is 108 cm³/mol. The van der Waals surface area contributed by atoms with E-state index in [0.29, 0.717) is 23.5 Å². The van der Waals surface area contributed by atoms with E-state index in [-0.39, 0.29) is 39.0 Å². The number of rotatable bonds is 0. The van der Waals surface area contributed by atoms with E-state index in [0.717, 1.165) is 12.8 Å². The number of alkyl halides is 6. The summed E-state index contributed by atoms with van der Waals surface area (Å²) in [6.07, 6.45) is 12.9. The molecule has 31 heavy (non-hydrogen) atoms. The van der Waals surface area contributed by atoms with Crippen molar-refractivity contribution in [3.05, 3.63) is 71.6 Å². The molecule has 2 aliphatic carbocycles. The molecule has 2 aliphatic heterocycles.